The lowest BCUT2D eigenvalue weighted by molar-refractivity contribution is -0.702. The third-order valence-corrected chi connectivity index (χ3v) is 5.54. The molecule has 124 valence electrons. The molecule has 3 rings (SSSR count). The third-order valence-electron chi connectivity index (χ3n) is 5.54. The van der Waals surface area contributed by atoms with Crippen LogP contribution >= 0.6 is 0 Å². The molecule has 0 spiro atoms. The minimum absolute atomic E-state index is 0.593. The summed E-state index contributed by atoms with van der Waals surface area (Å²) in [7, 11) is 0. The highest BCUT2D eigenvalue weighted by atomic mass is 15.1. The summed E-state index contributed by atoms with van der Waals surface area (Å²) in [6, 6.07) is 8.94. The summed E-state index contributed by atoms with van der Waals surface area (Å²) in [6.07, 6.45) is 10.9. The quantitative estimate of drug-likeness (QED) is 0.690. The van der Waals surface area contributed by atoms with Gasteiger partial charge < -0.3 is 0 Å². The molecule has 2 atom stereocenters. The van der Waals surface area contributed by atoms with Gasteiger partial charge in [-0.25, -0.2) is 9.13 Å². The summed E-state index contributed by atoms with van der Waals surface area (Å²) < 4.78 is 4.60. The summed E-state index contributed by atoms with van der Waals surface area (Å²) in [4.78, 5) is 0. The van der Waals surface area contributed by atoms with E-state index in [1.54, 1.807) is 0 Å². The monoisotopic (exact) mass is 311 g/mol. The van der Waals surface area contributed by atoms with Crippen LogP contribution in [0.1, 0.15) is 58.4 Å². The molecule has 0 saturated heterocycles. The first-order chi connectivity index (χ1) is 11.0. The summed E-state index contributed by atoms with van der Waals surface area (Å²) in [5.41, 5.74) is 2.65. The molecule has 2 nitrogen and oxygen atoms in total. The van der Waals surface area contributed by atoms with E-state index in [2.05, 4.69) is 79.8 Å². The van der Waals surface area contributed by atoms with Crippen LogP contribution in [0.15, 0.2) is 43.0 Å². The van der Waals surface area contributed by atoms with E-state index in [0.29, 0.717) is 5.92 Å². The fourth-order valence-electron chi connectivity index (χ4n) is 3.87. The Kier molecular flexibility index (Phi) is 4.89. The molecule has 1 heterocycles. The normalized spacial score (nSPS) is 21.5. The van der Waals surface area contributed by atoms with Crippen molar-refractivity contribution in [1.29, 1.82) is 0 Å². The number of hydrogen-bond acceptors (Lipinski definition) is 0. The minimum Gasteiger partial charge on any atom is -0.236 e. The van der Waals surface area contributed by atoms with Gasteiger partial charge in [-0.05, 0) is 60.6 Å². The van der Waals surface area contributed by atoms with Crippen molar-refractivity contribution in [1.82, 2.24) is 4.57 Å². The Balaban J connectivity index is 1.64. The van der Waals surface area contributed by atoms with E-state index in [0.717, 1.165) is 17.8 Å². The van der Waals surface area contributed by atoms with Gasteiger partial charge in [0.25, 0.3) is 0 Å². The molecule has 1 aliphatic rings. The lowest BCUT2D eigenvalue weighted by atomic mass is 9.93. The predicted molar refractivity (Wildman–Crippen MR) is 95.7 cm³/mol. The summed E-state index contributed by atoms with van der Waals surface area (Å²) in [5.74, 6) is 3.22. The van der Waals surface area contributed by atoms with Gasteiger partial charge in [0.05, 0.1) is 6.54 Å². The highest BCUT2D eigenvalue weighted by Crippen LogP contribution is 2.35. The Bertz CT molecular complexity index is 622. The second-order valence-corrected chi connectivity index (χ2v) is 7.95. The highest BCUT2D eigenvalue weighted by Gasteiger charge is 2.28. The van der Waals surface area contributed by atoms with E-state index >= 15 is 0 Å². The Morgan fingerprint density at radius 2 is 1.83 bits per heavy atom. The standard InChI is InChI=1S/C21H31N2/c1-16(2)19-7-9-21(10-8-19)23-12-11-22(15-23)14-18-5-6-20(13-18)17(3)4/h7-12,15-18,20H,5-6,13-14H2,1-4H3/q+1. The molecule has 2 unspecified atom stereocenters. The second kappa shape index (κ2) is 6.90. The molecule has 0 amide bonds. The van der Waals surface area contributed by atoms with Crippen LogP contribution in [0.2, 0.25) is 0 Å². The maximum Gasteiger partial charge on any atom is 0.248 e. The second-order valence-electron chi connectivity index (χ2n) is 7.95. The van der Waals surface area contributed by atoms with Crippen LogP contribution in [0.3, 0.4) is 0 Å². The zero-order chi connectivity index (χ0) is 16.4. The van der Waals surface area contributed by atoms with E-state index in [-0.39, 0.29) is 0 Å². The lowest BCUT2D eigenvalue weighted by Gasteiger charge is -2.13. The van der Waals surface area contributed by atoms with Crippen LogP contribution in [0, 0.1) is 17.8 Å². The Morgan fingerprint density at radius 3 is 2.43 bits per heavy atom. The Hall–Kier alpha value is -1.57. The molecule has 1 aromatic carbocycles. The van der Waals surface area contributed by atoms with Crippen molar-refractivity contribution in [2.24, 2.45) is 17.8 Å². The van der Waals surface area contributed by atoms with Crippen molar-refractivity contribution in [2.75, 3.05) is 0 Å². The van der Waals surface area contributed by atoms with Crippen molar-refractivity contribution >= 4 is 0 Å². The number of nitrogens with zero attached hydrogens (tertiary/aromatic N) is 2. The van der Waals surface area contributed by atoms with Crippen molar-refractivity contribution in [2.45, 2.75) is 59.4 Å². The SMILES string of the molecule is CC(C)c1ccc(-n2cc[n+](CC3CCC(C(C)C)C3)c2)cc1. The number of rotatable bonds is 5. The molecule has 0 radical (unpaired) electrons. The molecular weight excluding hydrogens is 280 g/mol. The van der Waals surface area contributed by atoms with Crippen molar-refractivity contribution in [3.8, 4) is 5.69 Å². The van der Waals surface area contributed by atoms with E-state index in [4.69, 9.17) is 0 Å². The van der Waals surface area contributed by atoms with Gasteiger partial charge in [-0.15, -0.1) is 0 Å². The molecule has 2 heteroatoms. The molecule has 23 heavy (non-hydrogen) atoms. The number of benzene rings is 1. The first kappa shape index (κ1) is 16.3. The van der Waals surface area contributed by atoms with Crippen molar-refractivity contribution in [3.63, 3.8) is 0 Å². The zero-order valence-electron chi connectivity index (χ0n) is 15.1. The van der Waals surface area contributed by atoms with Gasteiger partial charge in [0.1, 0.15) is 18.1 Å². The number of hydrogen-bond donors (Lipinski definition) is 0. The lowest BCUT2D eigenvalue weighted by Crippen LogP contribution is -2.34. The highest BCUT2D eigenvalue weighted by molar-refractivity contribution is 5.35. The molecule has 0 bridgehead atoms. The fourth-order valence-corrected chi connectivity index (χ4v) is 3.87. The van der Waals surface area contributed by atoms with Crippen LogP contribution in [-0.4, -0.2) is 4.57 Å². The van der Waals surface area contributed by atoms with Gasteiger partial charge in [-0.1, -0.05) is 39.8 Å². The van der Waals surface area contributed by atoms with Gasteiger partial charge in [0, 0.05) is 0 Å². The topological polar surface area (TPSA) is 8.81 Å². The minimum atomic E-state index is 0.593. The van der Waals surface area contributed by atoms with Crippen LogP contribution in [0.25, 0.3) is 5.69 Å². The Morgan fingerprint density at radius 1 is 1.09 bits per heavy atom. The third kappa shape index (κ3) is 3.85. The average molecular weight is 311 g/mol. The van der Waals surface area contributed by atoms with Crippen LogP contribution < -0.4 is 4.57 Å². The van der Waals surface area contributed by atoms with E-state index in [1.165, 1.54) is 37.1 Å². The predicted octanol–water partition coefficient (Wildman–Crippen LogP) is 4.96. The van der Waals surface area contributed by atoms with E-state index in [1.807, 2.05) is 0 Å². The number of aromatic nitrogens is 2. The van der Waals surface area contributed by atoms with Gasteiger partial charge >= 0.3 is 0 Å². The summed E-state index contributed by atoms with van der Waals surface area (Å²) >= 11 is 0. The molecule has 1 aromatic heterocycles. The average Bonchev–Trinajstić information content (AvgIpc) is 3.17. The molecule has 0 N–H and O–H groups in total. The van der Waals surface area contributed by atoms with E-state index < -0.39 is 0 Å². The maximum absolute atomic E-state index is 2.37. The molecule has 1 aliphatic carbocycles. The van der Waals surface area contributed by atoms with Crippen LogP contribution in [0.5, 0.6) is 0 Å². The molecule has 0 aliphatic heterocycles. The maximum atomic E-state index is 2.37. The van der Waals surface area contributed by atoms with Gasteiger partial charge in [-0.2, -0.15) is 0 Å². The van der Waals surface area contributed by atoms with E-state index in [9.17, 15) is 0 Å². The van der Waals surface area contributed by atoms with Crippen molar-refractivity contribution < 1.29 is 4.57 Å². The smallest absolute Gasteiger partial charge is 0.236 e. The summed E-state index contributed by atoms with van der Waals surface area (Å²) in [6.45, 7) is 10.4. The first-order valence-corrected chi connectivity index (χ1v) is 9.20. The largest absolute Gasteiger partial charge is 0.248 e. The van der Waals surface area contributed by atoms with Crippen LogP contribution in [-0.2, 0) is 6.54 Å². The molecular formula is C21H31N2+. The zero-order valence-corrected chi connectivity index (χ0v) is 15.1. The van der Waals surface area contributed by atoms with Gasteiger partial charge in [-0.3, -0.25) is 0 Å². The first-order valence-electron chi connectivity index (χ1n) is 9.20. The summed E-state index contributed by atoms with van der Waals surface area (Å²) in [5, 5.41) is 0. The number of imidazole rings is 1. The molecule has 1 fully saturated rings. The molecule has 1 saturated carbocycles. The van der Waals surface area contributed by atoms with Crippen molar-refractivity contribution in [3.05, 3.63) is 48.5 Å². The Labute approximate surface area is 141 Å². The fraction of sp³-hybridized carbons (Fsp3) is 0.571. The molecule has 2 aromatic rings. The van der Waals surface area contributed by atoms with Crippen LogP contribution in [0.4, 0.5) is 0 Å². The van der Waals surface area contributed by atoms with Gasteiger partial charge in [0.15, 0.2) is 0 Å². The van der Waals surface area contributed by atoms with Gasteiger partial charge in [0.2, 0.25) is 6.33 Å².